The van der Waals surface area contributed by atoms with Crippen molar-refractivity contribution in [2.75, 3.05) is 26.3 Å². The van der Waals surface area contributed by atoms with Gasteiger partial charge in [-0.2, -0.15) is 0 Å². The number of ether oxygens (including phenoxy) is 1. The Morgan fingerprint density at radius 3 is 2.65 bits per heavy atom. The van der Waals surface area contributed by atoms with Gasteiger partial charge >= 0.3 is 0 Å². The predicted octanol–water partition coefficient (Wildman–Crippen LogP) is 1.67. The molecule has 0 aromatic heterocycles. The third-order valence-corrected chi connectivity index (χ3v) is 4.30. The first kappa shape index (κ1) is 13.6. The standard InChI is InChI=1S/C16H22N2O2/c19-16(13-4-2-1-3-5-13)17-14-6-9-18(12-14)15-7-10-20-11-8-15/h1-5,14-15H,6-12H2,(H,17,19). The molecule has 2 fully saturated rings. The van der Waals surface area contributed by atoms with Gasteiger partial charge in [-0.25, -0.2) is 0 Å². The lowest BCUT2D eigenvalue weighted by molar-refractivity contribution is 0.0415. The Hall–Kier alpha value is -1.39. The summed E-state index contributed by atoms with van der Waals surface area (Å²) in [5, 5.41) is 3.15. The van der Waals surface area contributed by atoms with E-state index in [2.05, 4.69) is 10.2 Å². The van der Waals surface area contributed by atoms with Crippen LogP contribution in [-0.2, 0) is 4.74 Å². The smallest absolute Gasteiger partial charge is 0.251 e. The molecule has 4 nitrogen and oxygen atoms in total. The molecule has 2 aliphatic heterocycles. The Morgan fingerprint density at radius 2 is 1.90 bits per heavy atom. The van der Waals surface area contributed by atoms with Crippen molar-refractivity contribution >= 4 is 5.91 Å². The molecule has 1 amide bonds. The van der Waals surface area contributed by atoms with Crippen LogP contribution in [0.2, 0.25) is 0 Å². The van der Waals surface area contributed by atoms with Crippen molar-refractivity contribution in [3.8, 4) is 0 Å². The van der Waals surface area contributed by atoms with Crippen molar-refractivity contribution in [2.24, 2.45) is 0 Å². The number of benzene rings is 1. The number of amides is 1. The molecule has 0 radical (unpaired) electrons. The summed E-state index contributed by atoms with van der Waals surface area (Å²) in [6.07, 6.45) is 3.30. The van der Waals surface area contributed by atoms with Gasteiger partial charge in [-0.3, -0.25) is 9.69 Å². The molecule has 2 saturated heterocycles. The van der Waals surface area contributed by atoms with Gasteiger partial charge in [-0.1, -0.05) is 18.2 Å². The van der Waals surface area contributed by atoms with Crippen LogP contribution < -0.4 is 5.32 Å². The number of hydrogen-bond acceptors (Lipinski definition) is 3. The second-order valence-electron chi connectivity index (χ2n) is 5.66. The Bertz CT molecular complexity index is 443. The molecule has 20 heavy (non-hydrogen) atoms. The average molecular weight is 274 g/mol. The zero-order valence-corrected chi connectivity index (χ0v) is 11.8. The molecule has 1 N–H and O–H groups in total. The maximum atomic E-state index is 12.1. The number of rotatable bonds is 3. The summed E-state index contributed by atoms with van der Waals surface area (Å²) in [6, 6.07) is 10.4. The third-order valence-electron chi connectivity index (χ3n) is 4.30. The fourth-order valence-electron chi connectivity index (χ4n) is 3.15. The van der Waals surface area contributed by atoms with Gasteiger partial charge < -0.3 is 10.1 Å². The van der Waals surface area contributed by atoms with E-state index in [4.69, 9.17) is 4.74 Å². The number of carbonyl (C=O) groups is 1. The lowest BCUT2D eigenvalue weighted by Gasteiger charge is -2.31. The van der Waals surface area contributed by atoms with Gasteiger partial charge in [0.05, 0.1) is 0 Å². The van der Waals surface area contributed by atoms with Gasteiger partial charge in [0.15, 0.2) is 0 Å². The van der Waals surface area contributed by atoms with Gasteiger partial charge in [-0.05, 0) is 31.4 Å². The normalized spacial score (nSPS) is 24.7. The van der Waals surface area contributed by atoms with E-state index < -0.39 is 0 Å². The lowest BCUT2D eigenvalue weighted by atomic mass is 10.1. The first-order valence-corrected chi connectivity index (χ1v) is 7.50. The molecule has 2 heterocycles. The Balaban J connectivity index is 1.51. The summed E-state index contributed by atoms with van der Waals surface area (Å²) < 4.78 is 5.41. The van der Waals surface area contributed by atoms with Gasteiger partial charge in [0.2, 0.25) is 0 Å². The van der Waals surface area contributed by atoms with Crippen LogP contribution in [0.25, 0.3) is 0 Å². The number of likely N-dealkylation sites (tertiary alicyclic amines) is 1. The summed E-state index contributed by atoms with van der Waals surface area (Å²) in [5.41, 5.74) is 0.747. The molecule has 4 heteroatoms. The highest BCUT2D eigenvalue weighted by Crippen LogP contribution is 2.20. The first-order valence-electron chi connectivity index (χ1n) is 7.50. The molecular weight excluding hydrogens is 252 g/mol. The molecule has 0 saturated carbocycles. The average Bonchev–Trinajstić information content (AvgIpc) is 2.97. The highest BCUT2D eigenvalue weighted by Gasteiger charge is 2.30. The second-order valence-corrected chi connectivity index (χ2v) is 5.66. The van der Waals surface area contributed by atoms with Gasteiger partial charge in [-0.15, -0.1) is 0 Å². The highest BCUT2D eigenvalue weighted by molar-refractivity contribution is 5.94. The van der Waals surface area contributed by atoms with Crippen LogP contribution in [0.1, 0.15) is 29.6 Å². The molecule has 108 valence electrons. The van der Waals surface area contributed by atoms with Gasteiger partial charge in [0.25, 0.3) is 5.91 Å². The first-order chi connectivity index (χ1) is 9.83. The van der Waals surface area contributed by atoms with E-state index in [0.29, 0.717) is 6.04 Å². The maximum Gasteiger partial charge on any atom is 0.251 e. The van der Waals surface area contributed by atoms with E-state index >= 15 is 0 Å². The van der Waals surface area contributed by atoms with E-state index in [-0.39, 0.29) is 11.9 Å². The van der Waals surface area contributed by atoms with Crippen LogP contribution in [0.3, 0.4) is 0 Å². The summed E-state index contributed by atoms with van der Waals surface area (Å²) in [6.45, 7) is 3.82. The van der Waals surface area contributed by atoms with E-state index in [1.165, 1.54) is 0 Å². The zero-order chi connectivity index (χ0) is 13.8. The fourth-order valence-corrected chi connectivity index (χ4v) is 3.15. The van der Waals surface area contributed by atoms with Crippen LogP contribution in [0.4, 0.5) is 0 Å². The van der Waals surface area contributed by atoms with Crippen molar-refractivity contribution in [1.29, 1.82) is 0 Å². The van der Waals surface area contributed by atoms with Crippen LogP contribution in [-0.4, -0.2) is 49.2 Å². The maximum absolute atomic E-state index is 12.1. The lowest BCUT2D eigenvalue weighted by Crippen LogP contribution is -2.41. The van der Waals surface area contributed by atoms with E-state index in [9.17, 15) is 4.79 Å². The summed E-state index contributed by atoms with van der Waals surface area (Å²) >= 11 is 0. The molecule has 1 atom stereocenters. The molecule has 2 aliphatic rings. The largest absolute Gasteiger partial charge is 0.381 e. The number of nitrogens with zero attached hydrogens (tertiary/aromatic N) is 1. The topological polar surface area (TPSA) is 41.6 Å². The molecule has 1 aromatic rings. The quantitative estimate of drug-likeness (QED) is 0.911. The molecular formula is C16H22N2O2. The molecule has 1 aromatic carbocycles. The molecule has 3 rings (SSSR count). The number of nitrogens with one attached hydrogen (secondary N) is 1. The fraction of sp³-hybridized carbons (Fsp3) is 0.562. The Morgan fingerprint density at radius 1 is 1.15 bits per heavy atom. The molecule has 0 aliphatic carbocycles. The third kappa shape index (κ3) is 3.19. The van der Waals surface area contributed by atoms with E-state index in [1.54, 1.807) is 0 Å². The summed E-state index contributed by atoms with van der Waals surface area (Å²) in [5.74, 6) is 0.0458. The monoisotopic (exact) mass is 274 g/mol. The number of carbonyl (C=O) groups excluding carboxylic acids is 1. The second kappa shape index (κ2) is 6.37. The van der Waals surface area contributed by atoms with Crippen molar-refractivity contribution in [3.63, 3.8) is 0 Å². The molecule has 0 spiro atoms. The predicted molar refractivity (Wildman–Crippen MR) is 77.7 cm³/mol. The van der Waals surface area contributed by atoms with Crippen molar-refractivity contribution in [2.45, 2.75) is 31.3 Å². The Labute approximate surface area is 120 Å². The minimum Gasteiger partial charge on any atom is -0.381 e. The SMILES string of the molecule is O=C(NC1CCN(C2CCOCC2)C1)c1ccccc1. The minimum absolute atomic E-state index is 0.0458. The van der Waals surface area contributed by atoms with Crippen molar-refractivity contribution in [3.05, 3.63) is 35.9 Å². The molecule has 1 unspecified atom stereocenters. The molecule has 0 bridgehead atoms. The van der Waals surface area contributed by atoms with Crippen LogP contribution >= 0.6 is 0 Å². The summed E-state index contributed by atoms with van der Waals surface area (Å²) in [4.78, 5) is 14.6. The van der Waals surface area contributed by atoms with E-state index in [1.807, 2.05) is 30.3 Å². The van der Waals surface area contributed by atoms with Crippen LogP contribution in [0.15, 0.2) is 30.3 Å². The van der Waals surface area contributed by atoms with Gasteiger partial charge in [0, 0.05) is 44.0 Å². The zero-order valence-electron chi connectivity index (χ0n) is 11.8. The van der Waals surface area contributed by atoms with Crippen LogP contribution in [0, 0.1) is 0 Å². The summed E-state index contributed by atoms with van der Waals surface area (Å²) in [7, 11) is 0. The number of hydrogen-bond donors (Lipinski definition) is 1. The van der Waals surface area contributed by atoms with Crippen molar-refractivity contribution in [1.82, 2.24) is 10.2 Å². The van der Waals surface area contributed by atoms with Crippen LogP contribution in [0.5, 0.6) is 0 Å². The minimum atomic E-state index is 0.0458. The van der Waals surface area contributed by atoms with Gasteiger partial charge in [0.1, 0.15) is 0 Å². The highest BCUT2D eigenvalue weighted by atomic mass is 16.5. The van der Waals surface area contributed by atoms with E-state index in [0.717, 1.165) is 51.1 Å². The van der Waals surface area contributed by atoms with Crippen molar-refractivity contribution < 1.29 is 9.53 Å². The Kier molecular flexibility index (Phi) is 4.33.